The Labute approximate surface area is 163 Å². The fraction of sp³-hybridized carbons (Fsp3) is 0.333. The van der Waals surface area contributed by atoms with E-state index >= 15 is 0 Å². The summed E-state index contributed by atoms with van der Waals surface area (Å²) in [6.07, 6.45) is 0.252. The van der Waals surface area contributed by atoms with Crippen LogP contribution >= 0.6 is 15.9 Å². The molecule has 0 radical (unpaired) electrons. The van der Waals surface area contributed by atoms with Crippen LogP contribution < -0.4 is 5.32 Å². The second-order valence-electron chi connectivity index (χ2n) is 6.32. The third-order valence-corrected chi connectivity index (χ3v) is 4.83. The number of anilines is 1. The van der Waals surface area contributed by atoms with E-state index in [0.29, 0.717) is 5.92 Å². The molecule has 0 saturated heterocycles. The first-order chi connectivity index (χ1) is 12.4. The maximum atomic E-state index is 12.4. The van der Waals surface area contributed by atoms with Crippen LogP contribution in [0.4, 0.5) is 5.69 Å². The van der Waals surface area contributed by atoms with Gasteiger partial charge in [-0.15, -0.1) is 0 Å². The highest BCUT2D eigenvalue weighted by Crippen LogP contribution is 2.26. The van der Waals surface area contributed by atoms with E-state index in [-0.39, 0.29) is 12.3 Å². The normalized spacial score (nSPS) is 12.9. The molecule has 0 heterocycles. The van der Waals surface area contributed by atoms with Crippen molar-refractivity contribution in [2.45, 2.75) is 45.6 Å². The molecule has 0 aliphatic rings. The highest BCUT2D eigenvalue weighted by molar-refractivity contribution is 9.10. The number of hydrogen-bond acceptors (Lipinski definition) is 3. The van der Waals surface area contributed by atoms with Crippen LogP contribution in [0.15, 0.2) is 53.0 Å². The molecular weight excluding hydrogens is 394 g/mol. The number of amides is 1. The Morgan fingerprint density at radius 1 is 1.08 bits per heavy atom. The summed E-state index contributed by atoms with van der Waals surface area (Å²) in [4.78, 5) is 24.5. The average Bonchev–Trinajstić information content (AvgIpc) is 2.63. The number of benzene rings is 2. The Morgan fingerprint density at radius 2 is 1.73 bits per heavy atom. The molecule has 0 bridgehead atoms. The quantitative estimate of drug-likeness (QED) is 0.639. The number of ether oxygens (including phenoxy) is 1. The molecule has 0 saturated carbocycles. The smallest absolute Gasteiger partial charge is 0.311 e. The Morgan fingerprint density at radius 3 is 2.38 bits per heavy atom. The standard InChI is InChI=1S/C21H24BrNO3/c1-4-14(2)18-7-5-6-8-19(18)23-21(25)15(3)26-20(24)13-16-9-11-17(22)12-10-16/h5-12,14-15H,4,13H2,1-3H3,(H,23,25)/t14-,15-/m1/s1. The zero-order valence-electron chi connectivity index (χ0n) is 15.3. The van der Waals surface area contributed by atoms with Crippen LogP contribution in [0.5, 0.6) is 0 Å². The monoisotopic (exact) mass is 417 g/mol. The van der Waals surface area contributed by atoms with Crippen molar-refractivity contribution in [2.24, 2.45) is 0 Å². The van der Waals surface area contributed by atoms with Crippen LogP contribution in [0, 0.1) is 0 Å². The van der Waals surface area contributed by atoms with Gasteiger partial charge in [0.2, 0.25) is 0 Å². The van der Waals surface area contributed by atoms with E-state index in [1.165, 1.54) is 0 Å². The number of carbonyl (C=O) groups is 2. The summed E-state index contributed by atoms with van der Waals surface area (Å²) < 4.78 is 6.23. The van der Waals surface area contributed by atoms with E-state index in [2.05, 4.69) is 35.1 Å². The second-order valence-corrected chi connectivity index (χ2v) is 7.24. The van der Waals surface area contributed by atoms with Crippen molar-refractivity contribution in [2.75, 3.05) is 5.32 Å². The minimum atomic E-state index is -0.858. The second kappa shape index (κ2) is 9.53. The highest BCUT2D eigenvalue weighted by Gasteiger charge is 2.20. The molecule has 26 heavy (non-hydrogen) atoms. The zero-order valence-corrected chi connectivity index (χ0v) is 16.9. The molecule has 0 spiro atoms. The Hall–Kier alpha value is -2.14. The van der Waals surface area contributed by atoms with Crippen molar-refractivity contribution >= 4 is 33.5 Å². The molecule has 138 valence electrons. The van der Waals surface area contributed by atoms with Gasteiger partial charge in [0.15, 0.2) is 6.10 Å². The molecule has 0 fully saturated rings. The van der Waals surface area contributed by atoms with Gasteiger partial charge < -0.3 is 10.1 Å². The number of para-hydroxylation sites is 1. The van der Waals surface area contributed by atoms with Gasteiger partial charge in [0, 0.05) is 10.2 Å². The SMILES string of the molecule is CC[C@@H](C)c1ccccc1NC(=O)[C@@H](C)OC(=O)Cc1ccc(Br)cc1. The third kappa shape index (κ3) is 5.70. The largest absolute Gasteiger partial charge is 0.452 e. The number of hydrogen-bond donors (Lipinski definition) is 1. The molecule has 2 aromatic carbocycles. The van der Waals surface area contributed by atoms with E-state index in [1.54, 1.807) is 6.92 Å². The van der Waals surface area contributed by atoms with Gasteiger partial charge in [0.1, 0.15) is 0 Å². The zero-order chi connectivity index (χ0) is 19.1. The first-order valence-electron chi connectivity index (χ1n) is 8.74. The fourth-order valence-electron chi connectivity index (χ4n) is 2.56. The van der Waals surface area contributed by atoms with E-state index in [4.69, 9.17) is 4.74 Å². The maximum Gasteiger partial charge on any atom is 0.311 e. The van der Waals surface area contributed by atoms with Crippen LogP contribution in [0.2, 0.25) is 0 Å². The van der Waals surface area contributed by atoms with Crippen molar-refractivity contribution in [1.82, 2.24) is 0 Å². The van der Waals surface area contributed by atoms with Crippen LogP contribution in [0.25, 0.3) is 0 Å². The molecule has 0 aliphatic heterocycles. The van der Waals surface area contributed by atoms with Gasteiger partial charge in [-0.1, -0.05) is 60.1 Å². The molecule has 1 N–H and O–H groups in total. The number of esters is 1. The summed E-state index contributed by atoms with van der Waals surface area (Å²) in [6, 6.07) is 15.1. The summed E-state index contributed by atoms with van der Waals surface area (Å²) >= 11 is 3.35. The Kier molecular flexibility index (Phi) is 7.39. The lowest BCUT2D eigenvalue weighted by Gasteiger charge is -2.18. The number of carbonyl (C=O) groups excluding carboxylic acids is 2. The van der Waals surface area contributed by atoms with Crippen LogP contribution in [-0.2, 0) is 20.7 Å². The fourth-order valence-corrected chi connectivity index (χ4v) is 2.82. The van der Waals surface area contributed by atoms with E-state index in [0.717, 1.165) is 27.7 Å². The molecule has 2 rings (SSSR count). The van der Waals surface area contributed by atoms with E-state index in [9.17, 15) is 9.59 Å². The molecule has 0 aromatic heterocycles. The Bertz CT molecular complexity index is 758. The summed E-state index contributed by atoms with van der Waals surface area (Å²) in [5.41, 5.74) is 2.69. The molecule has 0 unspecified atom stereocenters. The van der Waals surface area contributed by atoms with Gasteiger partial charge in [-0.2, -0.15) is 0 Å². The van der Waals surface area contributed by atoms with E-state index < -0.39 is 12.1 Å². The van der Waals surface area contributed by atoms with Gasteiger partial charge in [0.05, 0.1) is 6.42 Å². The number of halogens is 1. The van der Waals surface area contributed by atoms with Gasteiger partial charge in [0.25, 0.3) is 5.91 Å². The first kappa shape index (κ1) is 20.2. The number of rotatable bonds is 7. The topological polar surface area (TPSA) is 55.4 Å². The van der Waals surface area contributed by atoms with Gasteiger partial charge >= 0.3 is 5.97 Å². The molecule has 5 heteroatoms. The average molecular weight is 418 g/mol. The molecule has 2 aromatic rings. The van der Waals surface area contributed by atoms with Crippen molar-refractivity contribution in [3.8, 4) is 0 Å². The predicted octanol–water partition coefficient (Wildman–Crippen LogP) is 5.08. The van der Waals surface area contributed by atoms with Crippen molar-refractivity contribution in [3.63, 3.8) is 0 Å². The third-order valence-electron chi connectivity index (χ3n) is 4.30. The molecule has 0 aliphatic carbocycles. The molecule has 2 atom stereocenters. The lowest BCUT2D eigenvalue weighted by molar-refractivity contribution is -0.152. The first-order valence-corrected chi connectivity index (χ1v) is 9.53. The maximum absolute atomic E-state index is 12.4. The van der Waals surface area contributed by atoms with Gasteiger partial charge in [-0.25, -0.2) is 0 Å². The summed E-state index contributed by atoms with van der Waals surface area (Å²) in [7, 11) is 0. The van der Waals surface area contributed by atoms with Gasteiger partial charge in [-0.3, -0.25) is 9.59 Å². The van der Waals surface area contributed by atoms with Crippen molar-refractivity contribution in [1.29, 1.82) is 0 Å². The summed E-state index contributed by atoms with van der Waals surface area (Å²) in [5.74, 6) is -0.420. The van der Waals surface area contributed by atoms with E-state index in [1.807, 2.05) is 48.5 Å². The highest BCUT2D eigenvalue weighted by atomic mass is 79.9. The lowest BCUT2D eigenvalue weighted by atomic mass is 9.97. The lowest BCUT2D eigenvalue weighted by Crippen LogP contribution is -2.30. The van der Waals surface area contributed by atoms with Crippen molar-refractivity contribution in [3.05, 3.63) is 64.1 Å². The molecule has 4 nitrogen and oxygen atoms in total. The van der Waals surface area contributed by atoms with Crippen molar-refractivity contribution < 1.29 is 14.3 Å². The van der Waals surface area contributed by atoms with Crippen LogP contribution in [0.3, 0.4) is 0 Å². The molecule has 1 amide bonds. The minimum Gasteiger partial charge on any atom is -0.452 e. The predicted molar refractivity (Wildman–Crippen MR) is 107 cm³/mol. The Balaban J connectivity index is 1.95. The van der Waals surface area contributed by atoms with Gasteiger partial charge in [-0.05, 0) is 48.6 Å². The van der Waals surface area contributed by atoms with Crippen LogP contribution in [-0.4, -0.2) is 18.0 Å². The molecular formula is C21H24BrNO3. The van der Waals surface area contributed by atoms with Crippen LogP contribution in [0.1, 0.15) is 44.2 Å². The summed E-state index contributed by atoms with van der Waals surface area (Å²) in [6.45, 7) is 5.81. The summed E-state index contributed by atoms with van der Waals surface area (Å²) in [5, 5.41) is 2.88. The number of nitrogens with one attached hydrogen (secondary N) is 1. The minimum absolute atomic E-state index is 0.133.